The van der Waals surface area contributed by atoms with Gasteiger partial charge in [0.15, 0.2) is 5.13 Å². The first-order chi connectivity index (χ1) is 11.5. The third kappa shape index (κ3) is 3.17. The molecule has 0 spiro atoms. The molecule has 122 valence electrons. The molecule has 3 heterocycles. The highest BCUT2D eigenvalue weighted by Crippen LogP contribution is 2.23. The SMILES string of the molecule is CC(=O)Nc1nc(C(=O)N2N=C(C)/C(=C/c3cccs3)C2=O)cs1. The van der Waals surface area contributed by atoms with Gasteiger partial charge >= 0.3 is 5.91 Å². The van der Waals surface area contributed by atoms with Crippen LogP contribution in [0.3, 0.4) is 0 Å². The zero-order chi connectivity index (χ0) is 17.3. The molecule has 0 radical (unpaired) electrons. The van der Waals surface area contributed by atoms with E-state index in [0.29, 0.717) is 16.4 Å². The van der Waals surface area contributed by atoms with E-state index < -0.39 is 11.8 Å². The van der Waals surface area contributed by atoms with Gasteiger partial charge in [-0.2, -0.15) is 10.1 Å². The lowest BCUT2D eigenvalue weighted by molar-refractivity contribution is -0.123. The summed E-state index contributed by atoms with van der Waals surface area (Å²) in [5.74, 6) is -1.39. The second-order valence-corrected chi connectivity index (χ2v) is 6.74. The Bertz CT molecular complexity index is 880. The van der Waals surface area contributed by atoms with Crippen molar-refractivity contribution in [2.24, 2.45) is 5.10 Å². The fraction of sp³-hybridized carbons (Fsp3) is 0.133. The summed E-state index contributed by atoms with van der Waals surface area (Å²) in [4.78, 5) is 40.9. The van der Waals surface area contributed by atoms with Crippen LogP contribution >= 0.6 is 22.7 Å². The van der Waals surface area contributed by atoms with Crippen LogP contribution in [0.5, 0.6) is 0 Å². The number of nitrogens with one attached hydrogen (secondary N) is 1. The smallest absolute Gasteiger partial charge is 0.301 e. The monoisotopic (exact) mass is 360 g/mol. The van der Waals surface area contributed by atoms with Gasteiger partial charge in [-0.3, -0.25) is 14.4 Å². The normalized spacial score (nSPS) is 15.8. The molecule has 3 amide bonds. The average molecular weight is 360 g/mol. The summed E-state index contributed by atoms with van der Waals surface area (Å²) < 4.78 is 0. The number of hydrazone groups is 1. The lowest BCUT2D eigenvalue weighted by atomic mass is 10.1. The van der Waals surface area contributed by atoms with Crippen molar-refractivity contribution >= 4 is 57.3 Å². The van der Waals surface area contributed by atoms with Crippen LogP contribution in [0.15, 0.2) is 33.6 Å². The molecule has 24 heavy (non-hydrogen) atoms. The molecule has 0 saturated heterocycles. The van der Waals surface area contributed by atoms with E-state index in [1.165, 1.54) is 23.6 Å². The lowest BCUT2D eigenvalue weighted by Gasteiger charge is -2.07. The van der Waals surface area contributed by atoms with Crippen LogP contribution in [0.25, 0.3) is 6.08 Å². The maximum absolute atomic E-state index is 12.5. The molecule has 1 aliphatic rings. The first-order valence-electron chi connectivity index (χ1n) is 6.88. The minimum atomic E-state index is -0.623. The number of anilines is 1. The summed E-state index contributed by atoms with van der Waals surface area (Å²) in [6.45, 7) is 3.02. The molecule has 0 aromatic carbocycles. The van der Waals surface area contributed by atoms with Gasteiger partial charge in [0.25, 0.3) is 5.91 Å². The third-order valence-electron chi connectivity index (χ3n) is 3.09. The molecular weight excluding hydrogens is 348 g/mol. The number of nitrogens with zero attached hydrogens (tertiary/aromatic N) is 3. The van der Waals surface area contributed by atoms with E-state index >= 15 is 0 Å². The quantitative estimate of drug-likeness (QED) is 0.673. The van der Waals surface area contributed by atoms with Crippen LogP contribution < -0.4 is 5.32 Å². The van der Waals surface area contributed by atoms with Gasteiger partial charge in [-0.15, -0.1) is 22.7 Å². The Balaban J connectivity index is 1.83. The summed E-state index contributed by atoms with van der Waals surface area (Å²) in [5.41, 5.74) is 0.910. The van der Waals surface area contributed by atoms with Crippen molar-refractivity contribution < 1.29 is 14.4 Å². The number of hydrogen-bond donors (Lipinski definition) is 1. The molecule has 9 heteroatoms. The fourth-order valence-corrected chi connectivity index (χ4v) is 3.41. The van der Waals surface area contributed by atoms with Crippen molar-refractivity contribution in [3.05, 3.63) is 39.0 Å². The predicted molar refractivity (Wildman–Crippen MR) is 93.0 cm³/mol. The number of amides is 3. The van der Waals surface area contributed by atoms with Crippen LogP contribution in [-0.4, -0.2) is 33.4 Å². The van der Waals surface area contributed by atoms with Crippen molar-refractivity contribution in [2.75, 3.05) is 5.32 Å². The van der Waals surface area contributed by atoms with Crippen LogP contribution in [-0.2, 0) is 9.59 Å². The summed E-state index contributed by atoms with van der Waals surface area (Å²) in [5, 5.41) is 11.0. The Hall–Kier alpha value is -2.65. The van der Waals surface area contributed by atoms with Crippen LogP contribution in [0, 0.1) is 0 Å². The summed E-state index contributed by atoms with van der Waals surface area (Å²) in [6, 6.07) is 3.76. The van der Waals surface area contributed by atoms with Gasteiger partial charge in [-0.05, 0) is 24.4 Å². The number of rotatable bonds is 3. The molecule has 3 rings (SSSR count). The average Bonchev–Trinajstić information content (AvgIpc) is 3.24. The minimum absolute atomic E-state index is 0.0611. The zero-order valence-electron chi connectivity index (χ0n) is 12.8. The Kier molecular flexibility index (Phi) is 4.36. The van der Waals surface area contributed by atoms with Gasteiger partial charge < -0.3 is 5.32 Å². The first-order valence-corrected chi connectivity index (χ1v) is 8.64. The van der Waals surface area contributed by atoms with E-state index in [1.807, 2.05) is 17.5 Å². The molecule has 0 unspecified atom stereocenters. The Morgan fingerprint density at radius 2 is 2.12 bits per heavy atom. The largest absolute Gasteiger partial charge is 0.302 e. The van der Waals surface area contributed by atoms with Crippen molar-refractivity contribution in [3.8, 4) is 0 Å². The number of imide groups is 1. The topological polar surface area (TPSA) is 91.7 Å². The number of hydrogen-bond acceptors (Lipinski definition) is 7. The van der Waals surface area contributed by atoms with Gasteiger partial charge in [0.2, 0.25) is 5.91 Å². The second-order valence-electron chi connectivity index (χ2n) is 4.90. The lowest BCUT2D eigenvalue weighted by Crippen LogP contribution is -2.29. The molecular formula is C15H12N4O3S2. The maximum Gasteiger partial charge on any atom is 0.301 e. The van der Waals surface area contributed by atoms with Crippen LogP contribution in [0.1, 0.15) is 29.2 Å². The van der Waals surface area contributed by atoms with E-state index in [2.05, 4.69) is 15.4 Å². The van der Waals surface area contributed by atoms with Gasteiger partial charge in [0.05, 0.1) is 11.3 Å². The second kappa shape index (κ2) is 6.46. The first kappa shape index (κ1) is 16.2. The number of thiazole rings is 1. The molecule has 0 saturated carbocycles. The summed E-state index contributed by atoms with van der Waals surface area (Å²) in [7, 11) is 0. The molecule has 0 atom stereocenters. The molecule has 0 aliphatic carbocycles. The number of carbonyl (C=O) groups excluding carboxylic acids is 3. The van der Waals surface area contributed by atoms with Crippen molar-refractivity contribution in [2.45, 2.75) is 13.8 Å². The molecule has 1 aliphatic heterocycles. The van der Waals surface area contributed by atoms with Crippen molar-refractivity contribution in [1.29, 1.82) is 0 Å². The number of thiophene rings is 1. The summed E-state index contributed by atoms with van der Waals surface area (Å²) in [6.07, 6.45) is 1.71. The van der Waals surface area contributed by atoms with Gasteiger partial charge in [-0.1, -0.05) is 6.07 Å². The molecule has 2 aromatic rings. The highest BCUT2D eigenvalue weighted by Gasteiger charge is 2.34. The third-order valence-corrected chi connectivity index (χ3v) is 4.67. The van der Waals surface area contributed by atoms with E-state index in [9.17, 15) is 14.4 Å². The predicted octanol–water partition coefficient (Wildman–Crippen LogP) is 2.60. The number of aromatic nitrogens is 1. The van der Waals surface area contributed by atoms with Crippen molar-refractivity contribution in [1.82, 2.24) is 9.99 Å². The van der Waals surface area contributed by atoms with Crippen molar-refractivity contribution in [3.63, 3.8) is 0 Å². The van der Waals surface area contributed by atoms with E-state index in [1.54, 1.807) is 13.0 Å². The zero-order valence-corrected chi connectivity index (χ0v) is 14.4. The highest BCUT2D eigenvalue weighted by molar-refractivity contribution is 7.14. The minimum Gasteiger partial charge on any atom is -0.302 e. The van der Waals surface area contributed by atoms with Crippen LogP contribution in [0.2, 0.25) is 0 Å². The van der Waals surface area contributed by atoms with Crippen LogP contribution in [0.4, 0.5) is 5.13 Å². The molecule has 1 N–H and O–H groups in total. The summed E-state index contributed by atoms with van der Waals surface area (Å²) >= 11 is 2.60. The molecule has 0 fully saturated rings. The molecule has 7 nitrogen and oxygen atoms in total. The van der Waals surface area contributed by atoms with Gasteiger partial charge in [0.1, 0.15) is 5.69 Å². The Morgan fingerprint density at radius 3 is 2.79 bits per heavy atom. The Labute approximate surface area is 145 Å². The highest BCUT2D eigenvalue weighted by atomic mass is 32.1. The molecule has 2 aromatic heterocycles. The van der Waals surface area contributed by atoms with Gasteiger partial charge in [0, 0.05) is 17.2 Å². The fourth-order valence-electron chi connectivity index (χ4n) is 2.03. The Morgan fingerprint density at radius 1 is 1.33 bits per heavy atom. The maximum atomic E-state index is 12.5. The van der Waals surface area contributed by atoms with E-state index in [-0.39, 0.29) is 11.6 Å². The van der Waals surface area contributed by atoms with E-state index in [4.69, 9.17) is 0 Å². The number of carbonyl (C=O) groups is 3. The molecule has 0 bridgehead atoms. The van der Waals surface area contributed by atoms with E-state index in [0.717, 1.165) is 21.2 Å². The standard InChI is InChI=1S/C15H12N4O3S2/c1-8-11(6-10-4-3-5-23-10)13(21)19(18-8)14(22)12-7-24-15(17-12)16-9(2)20/h3-7H,1-2H3,(H,16,17,20)/b11-6-. The van der Waals surface area contributed by atoms with Gasteiger partial charge in [-0.25, -0.2) is 4.98 Å².